The molecule has 0 spiro atoms. The molecule has 0 saturated heterocycles. The maximum atomic E-state index is 12.0. The molecule has 1 aromatic heterocycles. The molecular formula is C14H18N2O3. The van der Waals surface area contributed by atoms with Gasteiger partial charge in [0.2, 0.25) is 5.91 Å². The SMILES string of the molecule is Cc1ccc(CNC(=O)C2C(C(=O)O)C2(C)C)cn1. The summed E-state index contributed by atoms with van der Waals surface area (Å²) in [6.45, 7) is 5.89. The Balaban J connectivity index is 1.93. The molecule has 0 aliphatic heterocycles. The van der Waals surface area contributed by atoms with Gasteiger partial charge in [0.1, 0.15) is 0 Å². The number of carbonyl (C=O) groups excluding carboxylic acids is 1. The molecule has 5 heteroatoms. The summed E-state index contributed by atoms with van der Waals surface area (Å²) >= 11 is 0. The third kappa shape index (κ3) is 2.59. The largest absolute Gasteiger partial charge is 0.481 e. The Morgan fingerprint density at radius 3 is 2.53 bits per heavy atom. The smallest absolute Gasteiger partial charge is 0.307 e. The van der Waals surface area contributed by atoms with Gasteiger partial charge in [0.25, 0.3) is 0 Å². The second kappa shape index (κ2) is 4.64. The van der Waals surface area contributed by atoms with Crippen molar-refractivity contribution in [3.8, 4) is 0 Å². The van der Waals surface area contributed by atoms with Crippen LogP contribution in [0.25, 0.3) is 0 Å². The maximum Gasteiger partial charge on any atom is 0.307 e. The van der Waals surface area contributed by atoms with Crippen molar-refractivity contribution < 1.29 is 14.7 Å². The number of carboxylic acid groups (broad SMARTS) is 1. The maximum absolute atomic E-state index is 12.0. The third-order valence-corrected chi connectivity index (χ3v) is 3.82. The fourth-order valence-electron chi connectivity index (χ4n) is 2.49. The first kappa shape index (κ1) is 13.5. The molecule has 1 amide bonds. The molecule has 1 aromatic rings. The number of aromatic nitrogens is 1. The van der Waals surface area contributed by atoms with Crippen LogP contribution in [0.1, 0.15) is 25.1 Å². The average Bonchev–Trinajstić information content (AvgIpc) is 2.91. The van der Waals surface area contributed by atoms with Crippen molar-refractivity contribution in [3.05, 3.63) is 29.6 Å². The Kier molecular flexibility index (Phi) is 3.30. The molecule has 1 fully saturated rings. The number of rotatable bonds is 4. The summed E-state index contributed by atoms with van der Waals surface area (Å²) in [5.74, 6) is -2.12. The molecule has 2 unspecified atom stereocenters. The van der Waals surface area contributed by atoms with Crippen LogP contribution in [-0.4, -0.2) is 22.0 Å². The molecule has 1 aliphatic rings. The number of hydrogen-bond acceptors (Lipinski definition) is 3. The Hall–Kier alpha value is -1.91. The van der Waals surface area contributed by atoms with E-state index in [1.54, 1.807) is 6.20 Å². The van der Waals surface area contributed by atoms with Gasteiger partial charge in [-0.1, -0.05) is 19.9 Å². The first-order valence-corrected chi connectivity index (χ1v) is 6.26. The molecule has 2 atom stereocenters. The molecule has 0 aromatic carbocycles. The van der Waals surface area contributed by atoms with E-state index >= 15 is 0 Å². The van der Waals surface area contributed by atoms with E-state index in [0.717, 1.165) is 11.3 Å². The van der Waals surface area contributed by atoms with E-state index in [-0.39, 0.29) is 5.91 Å². The van der Waals surface area contributed by atoms with Gasteiger partial charge in [-0.3, -0.25) is 14.6 Å². The summed E-state index contributed by atoms with van der Waals surface area (Å²) < 4.78 is 0. The molecular weight excluding hydrogens is 244 g/mol. The van der Waals surface area contributed by atoms with Crippen molar-refractivity contribution in [2.75, 3.05) is 0 Å². The molecule has 1 heterocycles. The summed E-state index contributed by atoms with van der Waals surface area (Å²) in [4.78, 5) is 27.1. The lowest BCUT2D eigenvalue weighted by Crippen LogP contribution is -2.26. The number of carbonyl (C=O) groups is 2. The number of amides is 1. The highest BCUT2D eigenvalue weighted by atomic mass is 16.4. The van der Waals surface area contributed by atoms with Crippen LogP contribution in [0.2, 0.25) is 0 Å². The first-order valence-electron chi connectivity index (χ1n) is 6.26. The van der Waals surface area contributed by atoms with Gasteiger partial charge < -0.3 is 10.4 Å². The van der Waals surface area contributed by atoms with Crippen molar-refractivity contribution in [2.45, 2.75) is 27.3 Å². The lowest BCUT2D eigenvalue weighted by molar-refractivity contribution is -0.140. The zero-order valence-corrected chi connectivity index (χ0v) is 11.3. The second-order valence-electron chi connectivity index (χ2n) is 5.64. The van der Waals surface area contributed by atoms with Crippen LogP contribution in [0.5, 0.6) is 0 Å². The number of nitrogens with one attached hydrogen (secondary N) is 1. The van der Waals surface area contributed by atoms with Gasteiger partial charge in [-0.15, -0.1) is 0 Å². The van der Waals surface area contributed by atoms with Gasteiger partial charge in [0.15, 0.2) is 0 Å². The first-order chi connectivity index (χ1) is 8.84. The van der Waals surface area contributed by atoms with Crippen molar-refractivity contribution in [1.82, 2.24) is 10.3 Å². The fourth-order valence-corrected chi connectivity index (χ4v) is 2.49. The van der Waals surface area contributed by atoms with Crippen LogP contribution in [0.4, 0.5) is 0 Å². The highest BCUT2D eigenvalue weighted by Crippen LogP contribution is 2.58. The summed E-state index contributed by atoms with van der Waals surface area (Å²) in [6, 6.07) is 3.78. The molecule has 2 N–H and O–H groups in total. The Morgan fingerprint density at radius 1 is 1.37 bits per heavy atom. The molecule has 102 valence electrons. The number of hydrogen-bond donors (Lipinski definition) is 2. The second-order valence-corrected chi connectivity index (χ2v) is 5.64. The molecule has 5 nitrogen and oxygen atoms in total. The number of nitrogens with zero attached hydrogens (tertiary/aromatic N) is 1. The molecule has 0 radical (unpaired) electrons. The van der Waals surface area contributed by atoms with E-state index in [1.165, 1.54) is 0 Å². The van der Waals surface area contributed by atoms with Gasteiger partial charge in [0.05, 0.1) is 11.8 Å². The van der Waals surface area contributed by atoms with Crippen molar-refractivity contribution >= 4 is 11.9 Å². The van der Waals surface area contributed by atoms with Gasteiger partial charge in [-0.05, 0) is 24.0 Å². The molecule has 1 aliphatic carbocycles. The minimum atomic E-state index is -0.901. The van der Waals surface area contributed by atoms with E-state index in [2.05, 4.69) is 10.3 Å². The highest BCUT2D eigenvalue weighted by molar-refractivity contribution is 5.91. The quantitative estimate of drug-likeness (QED) is 0.858. The standard InChI is InChI=1S/C14H18N2O3/c1-8-4-5-9(6-15-8)7-16-12(17)10-11(13(18)19)14(10,2)3/h4-6,10-11H,7H2,1-3H3,(H,16,17)(H,18,19). The van der Waals surface area contributed by atoms with Gasteiger partial charge in [0, 0.05) is 18.4 Å². The highest BCUT2D eigenvalue weighted by Gasteiger charge is 2.65. The van der Waals surface area contributed by atoms with E-state index in [0.29, 0.717) is 6.54 Å². The van der Waals surface area contributed by atoms with Crippen molar-refractivity contribution in [1.29, 1.82) is 0 Å². The minimum absolute atomic E-state index is 0.196. The number of carboxylic acids is 1. The zero-order chi connectivity index (χ0) is 14.2. The molecule has 0 bridgehead atoms. The van der Waals surface area contributed by atoms with Crippen LogP contribution < -0.4 is 5.32 Å². The third-order valence-electron chi connectivity index (χ3n) is 3.82. The predicted octanol–water partition coefficient (Wildman–Crippen LogP) is 1.36. The average molecular weight is 262 g/mol. The van der Waals surface area contributed by atoms with Gasteiger partial charge >= 0.3 is 5.97 Å². The minimum Gasteiger partial charge on any atom is -0.481 e. The van der Waals surface area contributed by atoms with E-state index < -0.39 is 23.2 Å². The predicted molar refractivity (Wildman–Crippen MR) is 69.2 cm³/mol. The van der Waals surface area contributed by atoms with Crippen LogP contribution in [0.15, 0.2) is 18.3 Å². The van der Waals surface area contributed by atoms with Gasteiger partial charge in [-0.2, -0.15) is 0 Å². The summed E-state index contributed by atoms with van der Waals surface area (Å²) in [5.41, 5.74) is 1.37. The Labute approximate surface area is 112 Å². The molecule has 19 heavy (non-hydrogen) atoms. The topological polar surface area (TPSA) is 79.3 Å². The van der Waals surface area contributed by atoms with Gasteiger partial charge in [-0.25, -0.2) is 0 Å². The van der Waals surface area contributed by atoms with Crippen LogP contribution in [0.3, 0.4) is 0 Å². The molecule has 2 rings (SSSR count). The lowest BCUT2D eigenvalue weighted by atomic mass is 10.1. The number of pyridine rings is 1. The number of aliphatic carboxylic acids is 1. The number of aryl methyl sites for hydroxylation is 1. The van der Waals surface area contributed by atoms with Crippen LogP contribution in [-0.2, 0) is 16.1 Å². The van der Waals surface area contributed by atoms with Crippen LogP contribution in [0, 0.1) is 24.2 Å². The Bertz CT molecular complexity index is 508. The summed E-state index contributed by atoms with van der Waals surface area (Å²) in [7, 11) is 0. The lowest BCUT2D eigenvalue weighted by Gasteiger charge is -2.06. The monoisotopic (exact) mass is 262 g/mol. The summed E-state index contributed by atoms with van der Waals surface area (Å²) in [6.07, 6.45) is 1.71. The van der Waals surface area contributed by atoms with Crippen molar-refractivity contribution in [2.24, 2.45) is 17.3 Å². The fraction of sp³-hybridized carbons (Fsp3) is 0.500. The van der Waals surface area contributed by atoms with E-state index in [4.69, 9.17) is 5.11 Å². The van der Waals surface area contributed by atoms with E-state index in [9.17, 15) is 9.59 Å². The van der Waals surface area contributed by atoms with Crippen molar-refractivity contribution in [3.63, 3.8) is 0 Å². The van der Waals surface area contributed by atoms with E-state index in [1.807, 2.05) is 32.9 Å². The molecule has 1 saturated carbocycles. The summed E-state index contributed by atoms with van der Waals surface area (Å²) in [5, 5.41) is 11.8. The zero-order valence-electron chi connectivity index (χ0n) is 11.3. The normalized spacial score (nSPS) is 23.7. The van der Waals surface area contributed by atoms with Crippen LogP contribution >= 0.6 is 0 Å². The Morgan fingerprint density at radius 2 is 2.05 bits per heavy atom.